The lowest BCUT2D eigenvalue weighted by Gasteiger charge is -2.29. The molecule has 2 aliphatic rings. The maximum Gasteiger partial charge on any atom is 0.347 e. The second kappa shape index (κ2) is 7.29. The number of rotatable bonds is 3. The van der Waals surface area contributed by atoms with Gasteiger partial charge in [-0.1, -0.05) is 18.5 Å². The van der Waals surface area contributed by atoms with Crippen molar-refractivity contribution in [3.63, 3.8) is 0 Å². The van der Waals surface area contributed by atoms with Crippen LogP contribution in [0.2, 0.25) is 5.02 Å². The average molecular weight is 410 g/mol. The number of amides is 1. The Labute approximate surface area is 165 Å². The average Bonchev–Trinajstić information content (AvgIpc) is 3.22. The van der Waals surface area contributed by atoms with Gasteiger partial charge in [0.05, 0.1) is 17.3 Å². The van der Waals surface area contributed by atoms with Crippen molar-refractivity contribution in [2.24, 2.45) is 5.92 Å². The molecule has 0 saturated carbocycles. The van der Waals surface area contributed by atoms with Gasteiger partial charge in [0.25, 0.3) is 0 Å². The number of pyridine rings is 1. The van der Waals surface area contributed by atoms with Crippen LogP contribution < -0.4 is 5.69 Å². The summed E-state index contributed by atoms with van der Waals surface area (Å²) in [5.41, 5.74) is -0.553. The first-order chi connectivity index (χ1) is 13.3. The zero-order chi connectivity index (χ0) is 20.0. The van der Waals surface area contributed by atoms with Crippen LogP contribution >= 0.6 is 11.6 Å². The second-order valence-electron chi connectivity index (χ2n) is 7.54. The molecule has 0 aromatic carbocycles. The Morgan fingerprint density at radius 1 is 1.39 bits per heavy atom. The summed E-state index contributed by atoms with van der Waals surface area (Å²) < 4.78 is 16.4. The van der Waals surface area contributed by atoms with E-state index in [-0.39, 0.29) is 29.0 Å². The van der Waals surface area contributed by atoms with Gasteiger partial charge in [0.1, 0.15) is 18.0 Å². The molecular weight excluding hydrogens is 389 g/mol. The van der Waals surface area contributed by atoms with E-state index in [1.165, 1.54) is 10.8 Å². The molecule has 2 aromatic rings. The van der Waals surface area contributed by atoms with Gasteiger partial charge in [-0.3, -0.25) is 14.3 Å². The minimum atomic E-state index is -0.946. The van der Waals surface area contributed by atoms with Crippen LogP contribution in [0, 0.1) is 11.7 Å². The number of hydrogen-bond acceptors (Lipinski definition) is 5. The summed E-state index contributed by atoms with van der Waals surface area (Å²) in [5, 5.41) is 14.6. The van der Waals surface area contributed by atoms with Crippen LogP contribution in [0.15, 0.2) is 17.1 Å². The summed E-state index contributed by atoms with van der Waals surface area (Å²) in [6.45, 7) is 3.20. The topological polar surface area (TPSA) is 93.2 Å². The molecule has 2 aromatic heterocycles. The molecule has 0 bridgehead atoms. The number of aliphatic hydroxyl groups excluding tert-OH is 1. The lowest BCUT2D eigenvalue weighted by molar-refractivity contribution is -0.135. The van der Waals surface area contributed by atoms with Crippen molar-refractivity contribution in [3.8, 4) is 0 Å². The van der Waals surface area contributed by atoms with E-state index in [1.54, 1.807) is 4.90 Å². The van der Waals surface area contributed by atoms with Crippen LogP contribution in [0.4, 0.5) is 4.39 Å². The van der Waals surface area contributed by atoms with E-state index in [9.17, 15) is 19.1 Å². The maximum atomic E-state index is 14.1. The Bertz CT molecular complexity index is 975. The minimum absolute atomic E-state index is 0.00711. The number of aromatic nitrogens is 4. The van der Waals surface area contributed by atoms with Crippen LogP contribution in [0.3, 0.4) is 0 Å². The van der Waals surface area contributed by atoms with Crippen molar-refractivity contribution >= 4 is 17.5 Å². The highest BCUT2D eigenvalue weighted by atomic mass is 35.5. The Morgan fingerprint density at radius 2 is 2.18 bits per heavy atom. The Morgan fingerprint density at radius 3 is 2.86 bits per heavy atom. The van der Waals surface area contributed by atoms with E-state index in [2.05, 4.69) is 17.0 Å². The molecule has 0 radical (unpaired) electrons. The molecule has 0 spiro atoms. The third kappa shape index (κ3) is 3.33. The van der Waals surface area contributed by atoms with Crippen LogP contribution in [-0.2, 0) is 11.3 Å². The Hall–Kier alpha value is -2.26. The number of aliphatic hydroxyl groups is 1. The predicted molar refractivity (Wildman–Crippen MR) is 98.4 cm³/mol. The summed E-state index contributed by atoms with van der Waals surface area (Å²) in [6.07, 6.45) is 1.97. The number of nitrogens with zero attached hydrogens (tertiary/aromatic N) is 5. The van der Waals surface area contributed by atoms with E-state index in [4.69, 9.17) is 11.6 Å². The third-order valence-corrected chi connectivity index (χ3v) is 5.63. The molecule has 1 amide bonds. The van der Waals surface area contributed by atoms with Gasteiger partial charge in [-0.15, -0.1) is 0 Å². The number of fused-ring (bicyclic) bond motifs is 1. The van der Waals surface area contributed by atoms with E-state index < -0.39 is 23.7 Å². The molecule has 10 heteroatoms. The fourth-order valence-corrected chi connectivity index (χ4v) is 4.06. The maximum absolute atomic E-state index is 14.1. The standard InChI is InChI=1S/C18H21ClFN5O3/c1-10-4-5-23(8-10)17(27)14-2-3-15(26)16-22-24(18(28)25(14)16)9-13-12(20)6-11(19)7-21-13/h6-7,10,14-15,26H,2-5,8-9H2,1H3/t10-,14-,15?/m0/s1. The van der Waals surface area contributed by atoms with Gasteiger partial charge in [-0.25, -0.2) is 13.9 Å². The molecule has 4 rings (SSSR count). The lowest BCUT2D eigenvalue weighted by Crippen LogP contribution is -2.42. The van der Waals surface area contributed by atoms with E-state index in [1.807, 2.05) is 0 Å². The number of halogens is 2. The van der Waals surface area contributed by atoms with Crippen LogP contribution in [0.5, 0.6) is 0 Å². The first-order valence-corrected chi connectivity index (χ1v) is 9.69. The van der Waals surface area contributed by atoms with Gasteiger partial charge in [0.15, 0.2) is 5.82 Å². The molecule has 4 heterocycles. The van der Waals surface area contributed by atoms with Gasteiger partial charge >= 0.3 is 5.69 Å². The fraction of sp³-hybridized carbons (Fsp3) is 0.556. The monoisotopic (exact) mass is 409 g/mol. The normalized spacial score (nSPS) is 24.4. The number of carbonyl (C=O) groups is 1. The molecular formula is C18H21ClFN5O3. The number of likely N-dealkylation sites (tertiary alicyclic amines) is 1. The summed E-state index contributed by atoms with van der Waals surface area (Å²) in [7, 11) is 0. The summed E-state index contributed by atoms with van der Waals surface area (Å²) in [6, 6.07) is 0.411. The van der Waals surface area contributed by atoms with Crippen molar-refractivity contribution in [2.75, 3.05) is 13.1 Å². The van der Waals surface area contributed by atoms with E-state index in [0.717, 1.165) is 17.2 Å². The molecule has 3 atom stereocenters. The van der Waals surface area contributed by atoms with Crippen LogP contribution in [0.25, 0.3) is 0 Å². The van der Waals surface area contributed by atoms with Gasteiger partial charge in [0, 0.05) is 19.3 Å². The number of carbonyl (C=O) groups excluding carboxylic acids is 1. The zero-order valence-corrected chi connectivity index (χ0v) is 16.1. The smallest absolute Gasteiger partial charge is 0.347 e. The van der Waals surface area contributed by atoms with Crippen molar-refractivity contribution in [2.45, 2.75) is 44.9 Å². The van der Waals surface area contributed by atoms with Crippen molar-refractivity contribution in [3.05, 3.63) is 45.1 Å². The van der Waals surface area contributed by atoms with Gasteiger partial charge in [-0.2, -0.15) is 5.10 Å². The highest BCUT2D eigenvalue weighted by molar-refractivity contribution is 6.30. The van der Waals surface area contributed by atoms with Crippen molar-refractivity contribution in [1.29, 1.82) is 0 Å². The molecule has 150 valence electrons. The third-order valence-electron chi connectivity index (χ3n) is 5.42. The van der Waals surface area contributed by atoms with Crippen LogP contribution in [-0.4, -0.2) is 48.3 Å². The zero-order valence-electron chi connectivity index (χ0n) is 15.4. The van der Waals surface area contributed by atoms with E-state index >= 15 is 0 Å². The number of hydrogen-bond donors (Lipinski definition) is 1. The van der Waals surface area contributed by atoms with E-state index in [0.29, 0.717) is 31.8 Å². The highest BCUT2D eigenvalue weighted by Crippen LogP contribution is 2.31. The van der Waals surface area contributed by atoms with Crippen LogP contribution in [0.1, 0.15) is 49.9 Å². The first-order valence-electron chi connectivity index (χ1n) is 9.31. The molecule has 1 fully saturated rings. The lowest BCUT2D eigenvalue weighted by atomic mass is 10.0. The molecule has 8 nitrogen and oxygen atoms in total. The van der Waals surface area contributed by atoms with Crippen molar-refractivity contribution in [1.82, 2.24) is 24.2 Å². The quantitative estimate of drug-likeness (QED) is 0.829. The predicted octanol–water partition coefficient (Wildman–Crippen LogP) is 1.52. The van der Waals surface area contributed by atoms with Crippen molar-refractivity contribution < 1.29 is 14.3 Å². The van der Waals surface area contributed by atoms with Gasteiger partial charge in [0.2, 0.25) is 5.91 Å². The minimum Gasteiger partial charge on any atom is -0.385 e. The second-order valence-corrected chi connectivity index (χ2v) is 7.97. The van der Waals surface area contributed by atoms with Gasteiger partial charge in [-0.05, 0) is 31.2 Å². The first kappa shape index (κ1) is 19.1. The molecule has 28 heavy (non-hydrogen) atoms. The molecule has 1 unspecified atom stereocenters. The molecule has 0 aliphatic carbocycles. The Balaban J connectivity index is 1.67. The Kier molecular flexibility index (Phi) is 4.96. The SMILES string of the molecule is C[C@H]1CCN(C(=O)[C@@H]2CCC(O)c3nn(Cc4ncc(Cl)cc4F)c(=O)n32)C1. The summed E-state index contributed by atoms with van der Waals surface area (Å²) >= 11 is 5.71. The fourth-order valence-electron chi connectivity index (χ4n) is 3.92. The largest absolute Gasteiger partial charge is 0.385 e. The highest BCUT2D eigenvalue weighted by Gasteiger charge is 2.38. The van der Waals surface area contributed by atoms with Gasteiger partial charge < -0.3 is 10.0 Å². The molecule has 1 N–H and O–H groups in total. The summed E-state index contributed by atoms with van der Waals surface area (Å²) in [4.78, 5) is 31.6. The summed E-state index contributed by atoms with van der Waals surface area (Å²) in [5.74, 6) is -0.216. The molecule has 1 saturated heterocycles. The molecule has 2 aliphatic heterocycles.